The highest BCUT2D eigenvalue weighted by molar-refractivity contribution is 5.89. The highest BCUT2D eigenvalue weighted by Gasteiger charge is 2.33. The zero-order valence-electron chi connectivity index (χ0n) is 31.3. The van der Waals surface area contributed by atoms with Gasteiger partial charge in [-0.25, -0.2) is 14.6 Å². The van der Waals surface area contributed by atoms with E-state index in [1.165, 1.54) is 27.9 Å². The number of tetrazole rings is 1. The lowest BCUT2D eigenvalue weighted by atomic mass is 9.98. The van der Waals surface area contributed by atoms with Crippen LogP contribution < -0.4 is 0 Å². The monoisotopic (exact) mass is 765 g/mol. The third-order valence-corrected chi connectivity index (χ3v) is 8.02. The predicted octanol–water partition coefficient (Wildman–Crippen LogP) is 4.91. The Morgan fingerprint density at radius 3 is 2.42 bits per heavy atom. The molecule has 4 rings (SSSR count). The van der Waals surface area contributed by atoms with Crippen molar-refractivity contribution in [2.24, 2.45) is 0 Å². The second-order valence-electron chi connectivity index (χ2n) is 12.5. The number of carbonyl (C=O) groups excluding carboxylic acids is 3. The van der Waals surface area contributed by atoms with E-state index in [1.807, 2.05) is 55.5 Å². The number of rotatable bonds is 20. The predicted molar refractivity (Wildman–Crippen MR) is 191 cm³/mol. The molecule has 1 N–H and O–H groups in total. The lowest BCUT2D eigenvalue weighted by molar-refractivity contribution is -0.757. The number of aromatic nitrogens is 6. The van der Waals surface area contributed by atoms with Crippen molar-refractivity contribution in [2.45, 2.75) is 72.3 Å². The molecule has 0 fully saturated rings. The van der Waals surface area contributed by atoms with Gasteiger partial charge in [0, 0.05) is 24.9 Å². The van der Waals surface area contributed by atoms with E-state index >= 15 is 0 Å². The number of methoxy groups -OCH3 is 1. The molecule has 55 heavy (non-hydrogen) atoms. The Morgan fingerprint density at radius 2 is 1.78 bits per heavy atom. The van der Waals surface area contributed by atoms with Crippen molar-refractivity contribution >= 4 is 18.6 Å². The number of hydrogen-bond donors (Lipinski definition) is 1. The van der Waals surface area contributed by atoms with Crippen LogP contribution in [0, 0.1) is 10.1 Å². The molecule has 4 aromatic rings. The van der Waals surface area contributed by atoms with Gasteiger partial charge in [-0.1, -0.05) is 55.5 Å². The summed E-state index contributed by atoms with van der Waals surface area (Å²) in [7, 11) is 1.39. The van der Waals surface area contributed by atoms with Crippen molar-refractivity contribution in [1.82, 2.24) is 29.8 Å². The third kappa shape index (κ3) is 11.1. The summed E-state index contributed by atoms with van der Waals surface area (Å²) in [4.78, 5) is 57.0. The Labute approximate surface area is 315 Å². The first-order valence-electron chi connectivity index (χ1n) is 17.2. The summed E-state index contributed by atoms with van der Waals surface area (Å²) in [6, 6.07) is 15.0. The van der Waals surface area contributed by atoms with Gasteiger partial charge >= 0.3 is 12.1 Å². The van der Waals surface area contributed by atoms with E-state index in [4.69, 9.17) is 23.7 Å². The molecular formula is C36H43N7O12. The fourth-order valence-corrected chi connectivity index (χ4v) is 5.27. The molecule has 2 aromatic carbocycles. The van der Waals surface area contributed by atoms with Crippen LogP contribution in [-0.4, -0.2) is 85.5 Å². The van der Waals surface area contributed by atoms with Gasteiger partial charge in [0.1, 0.15) is 22.9 Å². The Bertz CT molecular complexity index is 1980. The molecule has 0 bridgehead atoms. The van der Waals surface area contributed by atoms with Crippen LogP contribution in [0.4, 0.5) is 4.79 Å². The van der Waals surface area contributed by atoms with E-state index < -0.39 is 35.6 Å². The summed E-state index contributed by atoms with van der Waals surface area (Å²) in [6.45, 7) is 7.80. The number of ether oxygens (including phenoxy) is 5. The molecular weight excluding hydrogens is 722 g/mol. The molecule has 0 spiro atoms. The molecule has 19 heteroatoms. The van der Waals surface area contributed by atoms with Gasteiger partial charge in [0.25, 0.3) is 11.6 Å². The minimum Gasteiger partial charge on any atom is -0.498 e. The maximum absolute atomic E-state index is 13.7. The maximum Gasteiger partial charge on any atom is 0.510 e. The first-order chi connectivity index (χ1) is 26.3. The summed E-state index contributed by atoms with van der Waals surface area (Å²) in [5.41, 5.74) is 1.80. The number of hydrogen-bond acceptors (Lipinski definition) is 16. The Balaban J connectivity index is 1.55. The van der Waals surface area contributed by atoms with Crippen molar-refractivity contribution in [2.75, 3.05) is 26.9 Å². The van der Waals surface area contributed by atoms with Crippen LogP contribution in [0.3, 0.4) is 0 Å². The van der Waals surface area contributed by atoms with Crippen LogP contribution in [0.25, 0.3) is 22.5 Å². The lowest BCUT2D eigenvalue weighted by Crippen LogP contribution is -2.24. The van der Waals surface area contributed by atoms with Crippen LogP contribution in [0.1, 0.15) is 81.3 Å². The lowest BCUT2D eigenvalue weighted by Gasteiger charge is -2.18. The molecule has 2 heterocycles. The van der Waals surface area contributed by atoms with Gasteiger partial charge in [-0.05, 0) is 56.0 Å². The molecule has 19 nitrogen and oxygen atoms in total. The van der Waals surface area contributed by atoms with Gasteiger partial charge in [-0.15, -0.1) is 25.1 Å². The largest absolute Gasteiger partial charge is 0.510 e. The van der Waals surface area contributed by atoms with E-state index in [9.17, 15) is 29.6 Å². The first-order valence-corrected chi connectivity index (χ1v) is 17.2. The van der Waals surface area contributed by atoms with Crippen molar-refractivity contribution < 1.29 is 53.1 Å². The zero-order chi connectivity index (χ0) is 40.1. The van der Waals surface area contributed by atoms with E-state index in [1.54, 1.807) is 11.5 Å². The second-order valence-corrected chi connectivity index (χ2v) is 12.5. The minimum atomic E-state index is -1.49. The fourth-order valence-electron chi connectivity index (χ4n) is 5.27. The molecule has 0 aliphatic rings. The third-order valence-electron chi connectivity index (χ3n) is 8.02. The summed E-state index contributed by atoms with van der Waals surface area (Å²) in [6.07, 6.45) is -0.655. The van der Waals surface area contributed by atoms with Gasteiger partial charge in [0.15, 0.2) is 18.1 Å². The van der Waals surface area contributed by atoms with E-state index in [0.29, 0.717) is 17.8 Å². The van der Waals surface area contributed by atoms with Crippen LogP contribution in [0.15, 0.2) is 60.0 Å². The minimum absolute atomic E-state index is 0.0176. The number of aryl methyl sites for hydroxylation is 1. The summed E-state index contributed by atoms with van der Waals surface area (Å²) in [5.74, 6) is 0.346. The number of benzene rings is 2. The zero-order valence-corrected chi connectivity index (χ0v) is 31.3. The second kappa shape index (κ2) is 19.1. The number of allylic oxidation sites excluding steroid dienone is 1. The van der Waals surface area contributed by atoms with Crippen molar-refractivity contribution in [1.29, 1.82) is 0 Å². The van der Waals surface area contributed by atoms with Gasteiger partial charge in [-0.2, -0.15) is 0 Å². The molecule has 1 atom stereocenters. The highest BCUT2D eigenvalue weighted by atomic mass is 16.9. The summed E-state index contributed by atoms with van der Waals surface area (Å²) < 4.78 is 27.5. The number of esters is 1. The quantitative estimate of drug-likeness (QED) is 0.0239. The number of imidazole rings is 1. The first kappa shape index (κ1) is 41.4. The normalized spacial score (nSPS) is 12.3. The molecule has 0 saturated carbocycles. The van der Waals surface area contributed by atoms with Gasteiger partial charge in [0.05, 0.1) is 20.3 Å². The van der Waals surface area contributed by atoms with Crippen LogP contribution in [0.5, 0.6) is 0 Å². The van der Waals surface area contributed by atoms with Gasteiger partial charge < -0.3 is 38.2 Å². The van der Waals surface area contributed by atoms with Crippen LogP contribution >= 0.6 is 0 Å². The summed E-state index contributed by atoms with van der Waals surface area (Å²) in [5, 5.41) is 32.9. The fraction of sp³-hybridized carbons (Fsp3) is 0.417. The average molecular weight is 766 g/mol. The Hall–Kier alpha value is -6.37. The standard InChI is InChI=1S/C36H43N7O12/c1-7-11-30-37-32(36(4,5)47)31(34(45)52-21-29(53-22-44)23(2)50-6)41(30)20-25-14-16-26(17-15-25)27-12-8-9-13-28(27)33-38-40-42(39-33)24(3)55-35(46)51-18-10-19-54-43(48)49/h8-9,12-17,22,24,47H,7,10-11,18-21H2,1-6H3/b29-23-. The maximum atomic E-state index is 13.7. The molecule has 0 radical (unpaired) electrons. The van der Waals surface area contributed by atoms with E-state index in [2.05, 4.69) is 25.2 Å². The van der Waals surface area contributed by atoms with Crippen molar-refractivity contribution in [3.8, 4) is 22.5 Å². The molecule has 2 aromatic heterocycles. The van der Waals surface area contributed by atoms with Crippen LogP contribution in [-0.2, 0) is 51.9 Å². The summed E-state index contributed by atoms with van der Waals surface area (Å²) >= 11 is 0. The molecule has 1 unspecified atom stereocenters. The number of carbonyl (C=O) groups is 3. The van der Waals surface area contributed by atoms with Crippen molar-refractivity contribution in [3.05, 3.63) is 92.9 Å². The van der Waals surface area contributed by atoms with Gasteiger partial charge in [0.2, 0.25) is 12.1 Å². The number of aliphatic hydroxyl groups is 1. The molecule has 0 aliphatic heterocycles. The van der Waals surface area contributed by atoms with E-state index in [-0.39, 0.29) is 61.4 Å². The Kier molecular flexibility index (Phi) is 14.4. The van der Waals surface area contributed by atoms with Crippen LogP contribution in [0.2, 0.25) is 0 Å². The SMILES string of the molecule is CCCc1nc(C(C)(C)O)c(C(=O)OC/C(OC=O)=C(\C)OC)n1Cc1ccc(-c2ccccc2-c2nnn(C(C)OC(=O)OCCCO[N+](=O)[O-])n2)cc1. The molecule has 294 valence electrons. The molecule has 0 saturated heterocycles. The van der Waals surface area contributed by atoms with E-state index in [0.717, 1.165) is 27.9 Å². The van der Waals surface area contributed by atoms with Gasteiger partial charge in [-0.3, -0.25) is 4.79 Å². The topological polar surface area (TPSA) is 231 Å². The van der Waals surface area contributed by atoms with Crippen molar-refractivity contribution in [3.63, 3.8) is 0 Å². The molecule has 0 aliphatic carbocycles. The number of nitrogens with zero attached hydrogens (tertiary/aromatic N) is 7. The molecule has 0 amide bonds. The Morgan fingerprint density at radius 1 is 1.07 bits per heavy atom. The smallest absolute Gasteiger partial charge is 0.498 e. The average Bonchev–Trinajstić information content (AvgIpc) is 3.79. The highest BCUT2D eigenvalue weighted by Crippen LogP contribution is 2.31.